The molecule has 4 aromatic carbocycles. The number of nitrogens with zero attached hydrogens (tertiary/aromatic N) is 2. The minimum atomic E-state index is -0.978. The molecule has 6 atom stereocenters. The molecule has 0 aromatic heterocycles. The van der Waals surface area contributed by atoms with Crippen LogP contribution in [0, 0.1) is 5.92 Å². The van der Waals surface area contributed by atoms with Crippen LogP contribution in [-0.2, 0) is 43.6 Å². The quantitative estimate of drug-likeness (QED) is 0.168. The van der Waals surface area contributed by atoms with Crippen molar-refractivity contribution in [3.63, 3.8) is 0 Å². The first kappa shape index (κ1) is 35.9. The Kier molecular flexibility index (Phi) is 11.6. The predicted octanol–water partition coefficient (Wildman–Crippen LogP) is 6.22. The number of aliphatic hydroxyl groups excluding tert-OH is 1. The van der Waals surface area contributed by atoms with E-state index in [-0.39, 0.29) is 56.3 Å². The van der Waals surface area contributed by atoms with E-state index in [4.69, 9.17) is 14.2 Å². The number of carbonyl (C=O) groups excluding carboxylic acids is 3. The van der Waals surface area contributed by atoms with Crippen molar-refractivity contribution in [2.45, 2.75) is 70.6 Å². The number of likely N-dealkylation sites (tertiary alicyclic amines) is 1. The zero-order chi connectivity index (χ0) is 35.9. The topological polar surface area (TPSA) is 118 Å². The first-order valence-corrected chi connectivity index (χ1v) is 17.4. The molecule has 0 saturated carbocycles. The van der Waals surface area contributed by atoms with Crippen LogP contribution in [0.1, 0.15) is 72.1 Å². The van der Waals surface area contributed by atoms with Gasteiger partial charge in [-0.05, 0) is 41.8 Å². The van der Waals surface area contributed by atoms with Gasteiger partial charge < -0.3 is 24.6 Å². The van der Waals surface area contributed by atoms with Crippen molar-refractivity contribution in [3.05, 3.63) is 143 Å². The van der Waals surface area contributed by atoms with Crippen molar-refractivity contribution in [1.29, 1.82) is 0 Å². The largest absolute Gasteiger partial charge is 0.445 e. The highest BCUT2D eigenvalue weighted by molar-refractivity contribution is 6.06. The van der Waals surface area contributed by atoms with E-state index in [9.17, 15) is 19.5 Å². The molecule has 6 rings (SSSR count). The molecular formula is C41H45N3O7. The van der Waals surface area contributed by atoms with Crippen LogP contribution in [0.25, 0.3) is 0 Å². The maximum atomic E-state index is 13.1. The predicted molar refractivity (Wildman–Crippen MR) is 191 cm³/mol. The number of amides is 3. The average molecular weight is 692 g/mol. The molecule has 3 amide bonds. The lowest BCUT2D eigenvalue weighted by molar-refractivity contribution is -0.276. The summed E-state index contributed by atoms with van der Waals surface area (Å²) in [4.78, 5) is 41.8. The highest BCUT2D eigenvalue weighted by Gasteiger charge is 2.41. The lowest BCUT2D eigenvalue weighted by Crippen LogP contribution is -2.44. The molecule has 2 heterocycles. The van der Waals surface area contributed by atoms with Crippen LogP contribution < -0.4 is 5.32 Å². The average Bonchev–Trinajstić information content (AvgIpc) is 3.42. The first-order valence-electron chi connectivity index (χ1n) is 17.4. The van der Waals surface area contributed by atoms with Crippen molar-refractivity contribution < 1.29 is 33.7 Å². The molecular weight excluding hydrogens is 646 g/mol. The smallest absolute Gasteiger partial charge is 0.408 e. The molecule has 0 spiro atoms. The third kappa shape index (κ3) is 8.72. The van der Waals surface area contributed by atoms with Gasteiger partial charge in [0.05, 0.1) is 31.8 Å². The Labute approximate surface area is 298 Å². The molecule has 2 N–H and O–H groups in total. The Hall–Kier alpha value is -4.87. The Morgan fingerprint density at radius 3 is 2.18 bits per heavy atom. The highest BCUT2D eigenvalue weighted by Crippen LogP contribution is 2.42. The number of imide groups is 1. The van der Waals surface area contributed by atoms with E-state index in [2.05, 4.69) is 43.2 Å². The second-order valence-corrected chi connectivity index (χ2v) is 13.4. The van der Waals surface area contributed by atoms with Crippen LogP contribution in [0.15, 0.2) is 109 Å². The molecule has 2 aliphatic heterocycles. The molecule has 6 unspecified atom stereocenters. The van der Waals surface area contributed by atoms with Crippen LogP contribution in [-0.4, -0.2) is 58.6 Å². The summed E-state index contributed by atoms with van der Waals surface area (Å²) in [5.41, 5.74) is 5.44. The monoisotopic (exact) mass is 691 g/mol. The highest BCUT2D eigenvalue weighted by atomic mass is 16.7. The maximum absolute atomic E-state index is 13.1. The Balaban J connectivity index is 1.12. The maximum Gasteiger partial charge on any atom is 0.408 e. The third-order valence-electron chi connectivity index (χ3n) is 9.88. The van der Waals surface area contributed by atoms with Gasteiger partial charge in [0.15, 0.2) is 6.29 Å². The molecule has 2 aliphatic rings. The fourth-order valence-electron chi connectivity index (χ4n) is 6.59. The van der Waals surface area contributed by atoms with Crippen LogP contribution in [0.2, 0.25) is 0 Å². The molecule has 51 heavy (non-hydrogen) atoms. The lowest BCUT2D eigenvalue weighted by Gasteiger charge is -2.43. The van der Waals surface area contributed by atoms with E-state index in [1.54, 1.807) is 0 Å². The van der Waals surface area contributed by atoms with Crippen molar-refractivity contribution >= 4 is 17.9 Å². The van der Waals surface area contributed by atoms with Gasteiger partial charge in [-0.25, -0.2) is 4.79 Å². The molecule has 2 saturated heterocycles. The van der Waals surface area contributed by atoms with Crippen molar-refractivity contribution in [2.24, 2.45) is 5.92 Å². The molecule has 0 radical (unpaired) electrons. The molecule has 10 heteroatoms. The number of hydrogen-bond acceptors (Lipinski definition) is 8. The zero-order valence-electron chi connectivity index (χ0n) is 29.2. The van der Waals surface area contributed by atoms with E-state index in [1.165, 1.54) is 5.56 Å². The minimum absolute atomic E-state index is 0.0234. The van der Waals surface area contributed by atoms with Gasteiger partial charge in [-0.3, -0.25) is 19.4 Å². The molecule has 2 fully saturated rings. The summed E-state index contributed by atoms with van der Waals surface area (Å²) in [5.74, 6) is -0.812. The molecule has 0 aliphatic carbocycles. The summed E-state index contributed by atoms with van der Waals surface area (Å²) in [5, 5.41) is 12.1. The number of ether oxygens (including phenoxy) is 3. The van der Waals surface area contributed by atoms with Gasteiger partial charge in [0.2, 0.25) is 5.91 Å². The second-order valence-electron chi connectivity index (χ2n) is 13.4. The fraction of sp³-hybridized carbons (Fsp3) is 0.341. The van der Waals surface area contributed by atoms with Gasteiger partial charge in [-0.15, -0.1) is 0 Å². The molecule has 4 aromatic rings. The normalized spacial score (nSPS) is 22.6. The number of benzene rings is 4. The van der Waals surface area contributed by atoms with Crippen LogP contribution >= 0.6 is 0 Å². The zero-order valence-corrected chi connectivity index (χ0v) is 29.2. The number of alkyl carbamates (subject to hydrolysis) is 1. The van der Waals surface area contributed by atoms with Gasteiger partial charge in [-0.1, -0.05) is 116 Å². The number of aliphatic hydroxyl groups is 1. The molecule has 0 bridgehead atoms. The van der Waals surface area contributed by atoms with Crippen molar-refractivity contribution in [2.75, 3.05) is 13.6 Å². The van der Waals surface area contributed by atoms with Gasteiger partial charge in [0.25, 0.3) is 5.91 Å². The standard InChI is InChI=1S/C41H45N3O7/c1-27-36(24-43(3)28(2)32-12-8-5-9-13-32)50-40(51-38(27)33-18-16-30(25-45)17-19-33)34-20-14-29(15-21-34)23-44-37(46)22-35(39(44)47)42-41(48)49-26-31-10-6-4-7-11-31/h4-21,27-28,35-36,38,40,45H,22-26H2,1-3H3,(H,42,48). The fourth-order valence-corrected chi connectivity index (χ4v) is 6.59. The van der Waals surface area contributed by atoms with E-state index in [1.807, 2.05) is 97.1 Å². The number of likely N-dealkylation sites (N-methyl/N-ethyl adjacent to an activating group) is 1. The van der Waals surface area contributed by atoms with Gasteiger partial charge >= 0.3 is 6.09 Å². The summed E-state index contributed by atoms with van der Waals surface area (Å²) < 4.78 is 18.5. The second kappa shape index (κ2) is 16.4. The van der Waals surface area contributed by atoms with Crippen LogP contribution in [0.3, 0.4) is 0 Å². The van der Waals surface area contributed by atoms with Gasteiger partial charge in [0.1, 0.15) is 12.6 Å². The van der Waals surface area contributed by atoms with Gasteiger partial charge in [-0.2, -0.15) is 0 Å². The summed E-state index contributed by atoms with van der Waals surface area (Å²) in [6.45, 7) is 5.11. The Morgan fingerprint density at radius 1 is 0.882 bits per heavy atom. The van der Waals surface area contributed by atoms with Crippen LogP contribution in [0.5, 0.6) is 0 Å². The Bertz CT molecular complexity index is 1770. The Morgan fingerprint density at radius 2 is 1.51 bits per heavy atom. The van der Waals surface area contributed by atoms with Crippen molar-refractivity contribution in [1.82, 2.24) is 15.1 Å². The SMILES string of the molecule is CC1C(CN(C)C(C)c2ccccc2)OC(c2ccc(CN3C(=O)CC(NC(=O)OCc4ccccc4)C3=O)cc2)OC1c1ccc(CO)cc1. The van der Waals surface area contributed by atoms with E-state index in [0.29, 0.717) is 6.54 Å². The number of carbonyl (C=O) groups is 3. The van der Waals surface area contributed by atoms with Crippen molar-refractivity contribution in [3.8, 4) is 0 Å². The number of hydrogen-bond donors (Lipinski definition) is 2. The lowest BCUT2D eigenvalue weighted by atomic mass is 9.89. The summed E-state index contributed by atoms with van der Waals surface area (Å²) in [6, 6.07) is 34.1. The molecule has 10 nitrogen and oxygen atoms in total. The molecule has 266 valence electrons. The van der Waals surface area contributed by atoms with E-state index >= 15 is 0 Å². The number of rotatable bonds is 12. The summed E-state index contributed by atoms with van der Waals surface area (Å²) >= 11 is 0. The van der Waals surface area contributed by atoms with E-state index < -0.39 is 24.3 Å². The summed E-state index contributed by atoms with van der Waals surface area (Å²) in [6.07, 6.45) is -1.96. The minimum Gasteiger partial charge on any atom is -0.445 e. The van der Waals surface area contributed by atoms with Crippen LogP contribution in [0.4, 0.5) is 4.79 Å². The number of nitrogens with one attached hydrogen (secondary N) is 1. The van der Waals surface area contributed by atoms with Gasteiger partial charge in [0, 0.05) is 24.1 Å². The van der Waals surface area contributed by atoms with E-state index in [0.717, 1.165) is 32.7 Å². The first-order chi connectivity index (χ1) is 24.7. The summed E-state index contributed by atoms with van der Waals surface area (Å²) in [7, 11) is 2.10. The third-order valence-corrected chi connectivity index (χ3v) is 9.88.